The minimum absolute atomic E-state index is 0.997. The number of benzene rings is 1. The lowest BCUT2D eigenvalue weighted by molar-refractivity contribution is 0.762. The first kappa shape index (κ1) is 12.3. The van der Waals surface area contributed by atoms with Gasteiger partial charge in [-0.05, 0) is 35.4 Å². The highest BCUT2D eigenvalue weighted by molar-refractivity contribution is 7.17. The summed E-state index contributed by atoms with van der Waals surface area (Å²) in [6, 6.07) is 8.61. The third-order valence-corrected chi connectivity index (χ3v) is 3.91. The first-order valence-corrected chi connectivity index (χ1v) is 7.09. The Labute approximate surface area is 107 Å². The van der Waals surface area contributed by atoms with Gasteiger partial charge < -0.3 is 5.32 Å². The van der Waals surface area contributed by atoms with Crippen molar-refractivity contribution in [3.05, 3.63) is 40.8 Å². The summed E-state index contributed by atoms with van der Waals surface area (Å²) in [7, 11) is 0. The summed E-state index contributed by atoms with van der Waals surface area (Å²) in [5, 5.41) is 7.03. The van der Waals surface area contributed by atoms with Crippen LogP contribution >= 0.6 is 11.3 Å². The Balaban J connectivity index is 2.29. The molecular weight excluding hydrogens is 226 g/mol. The summed E-state index contributed by atoms with van der Waals surface area (Å²) in [5.41, 5.74) is 2.83. The Morgan fingerprint density at radius 3 is 2.88 bits per heavy atom. The van der Waals surface area contributed by atoms with Crippen LogP contribution in [0.3, 0.4) is 0 Å². The molecule has 0 saturated heterocycles. The molecule has 2 rings (SSSR count). The molecule has 2 aromatic rings. The number of hydrogen-bond acceptors (Lipinski definition) is 2. The van der Waals surface area contributed by atoms with Gasteiger partial charge in [0.15, 0.2) is 0 Å². The topological polar surface area (TPSA) is 12.0 Å². The third kappa shape index (κ3) is 2.96. The largest absolute Gasteiger partial charge is 0.313 e. The van der Waals surface area contributed by atoms with Crippen molar-refractivity contribution in [3.63, 3.8) is 0 Å². The molecule has 0 atom stereocenters. The van der Waals surface area contributed by atoms with Crippen LogP contribution in [-0.4, -0.2) is 13.1 Å². The number of thiophene rings is 1. The summed E-state index contributed by atoms with van der Waals surface area (Å²) in [6.07, 6.45) is 3.44. The minimum atomic E-state index is 0.997. The molecule has 0 bridgehead atoms. The molecule has 1 aromatic heterocycles. The van der Waals surface area contributed by atoms with Gasteiger partial charge in [-0.2, -0.15) is 0 Å². The summed E-state index contributed by atoms with van der Waals surface area (Å²) < 4.78 is 1.37. The van der Waals surface area contributed by atoms with E-state index in [0.29, 0.717) is 0 Å². The van der Waals surface area contributed by atoms with E-state index in [9.17, 15) is 0 Å². The fourth-order valence-corrected chi connectivity index (χ4v) is 2.81. The summed E-state index contributed by atoms with van der Waals surface area (Å²) in [5.74, 6) is 0. The molecule has 0 aliphatic heterocycles. The Hall–Kier alpha value is -1.12. The quantitative estimate of drug-likeness (QED) is 0.828. The van der Waals surface area contributed by atoms with E-state index < -0.39 is 0 Å². The van der Waals surface area contributed by atoms with Crippen LogP contribution in [0, 0.1) is 0 Å². The highest BCUT2D eigenvalue weighted by atomic mass is 32.1. The molecule has 1 heterocycles. The normalized spacial score (nSPS) is 12.2. The molecule has 0 unspecified atom stereocenters. The van der Waals surface area contributed by atoms with E-state index in [0.717, 1.165) is 19.5 Å². The molecule has 0 saturated carbocycles. The molecule has 0 fully saturated rings. The van der Waals surface area contributed by atoms with Gasteiger partial charge in [-0.3, -0.25) is 0 Å². The maximum absolute atomic E-state index is 3.39. The summed E-state index contributed by atoms with van der Waals surface area (Å²) in [4.78, 5) is 0. The van der Waals surface area contributed by atoms with Crippen LogP contribution in [0.1, 0.15) is 25.8 Å². The lowest BCUT2D eigenvalue weighted by atomic mass is 10.1. The van der Waals surface area contributed by atoms with Crippen LogP contribution in [0.15, 0.2) is 35.2 Å². The van der Waals surface area contributed by atoms with Crippen molar-refractivity contribution in [3.8, 4) is 0 Å². The van der Waals surface area contributed by atoms with Crippen LogP contribution in [0.25, 0.3) is 16.2 Å². The van der Waals surface area contributed by atoms with Gasteiger partial charge in [0.25, 0.3) is 0 Å². The van der Waals surface area contributed by atoms with Crippen molar-refractivity contribution in [1.82, 2.24) is 5.32 Å². The maximum Gasteiger partial charge on any atom is 0.0348 e. The van der Waals surface area contributed by atoms with Crippen molar-refractivity contribution in [2.24, 2.45) is 0 Å². The lowest BCUT2D eigenvalue weighted by Crippen LogP contribution is -2.15. The molecule has 2 heteroatoms. The smallest absolute Gasteiger partial charge is 0.0348 e. The maximum atomic E-state index is 3.39. The average Bonchev–Trinajstić information content (AvgIpc) is 2.78. The molecule has 0 aliphatic rings. The molecule has 0 aliphatic carbocycles. The lowest BCUT2D eigenvalue weighted by Gasteiger charge is -2.04. The van der Waals surface area contributed by atoms with Gasteiger partial charge in [-0.15, -0.1) is 11.3 Å². The van der Waals surface area contributed by atoms with Crippen molar-refractivity contribution >= 4 is 27.5 Å². The number of rotatable bonds is 5. The van der Waals surface area contributed by atoms with Gasteiger partial charge in [0.2, 0.25) is 0 Å². The van der Waals surface area contributed by atoms with Gasteiger partial charge in [0, 0.05) is 11.2 Å². The highest BCUT2D eigenvalue weighted by Gasteiger charge is 2.02. The first-order chi connectivity index (χ1) is 8.35. The second-order valence-corrected chi connectivity index (χ2v) is 5.03. The summed E-state index contributed by atoms with van der Waals surface area (Å²) in [6.45, 7) is 6.39. The average molecular weight is 245 g/mol. The van der Waals surface area contributed by atoms with E-state index in [4.69, 9.17) is 0 Å². The van der Waals surface area contributed by atoms with E-state index >= 15 is 0 Å². The van der Waals surface area contributed by atoms with E-state index in [1.54, 1.807) is 0 Å². The molecular formula is C15H19NS. The molecule has 0 amide bonds. The van der Waals surface area contributed by atoms with Gasteiger partial charge in [0.05, 0.1) is 0 Å². The van der Waals surface area contributed by atoms with Crippen LogP contribution in [0.4, 0.5) is 0 Å². The fourth-order valence-electron chi connectivity index (χ4n) is 1.89. The minimum Gasteiger partial charge on any atom is -0.313 e. The number of nitrogens with one attached hydrogen (secondary N) is 1. The van der Waals surface area contributed by atoms with E-state index in [1.807, 2.05) is 11.3 Å². The Morgan fingerprint density at radius 1 is 1.29 bits per heavy atom. The SMILES string of the molecule is CCNCC(=Cc1csc2ccccc12)CC. The van der Waals surface area contributed by atoms with Crippen LogP contribution in [0.5, 0.6) is 0 Å². The summed E-state index contributed by atoms with van der Waals surface area (Å²) >= 11 is 1.83. The zero-order valence-electron chi connectivity index (χ0n) is 10.5. The monoisotopic (exact) mass is 245 g/mol. The van der Waals surface area contributed by atoms with Crippen LogP contribution < -0.4 is 5.32 Å². The second-order valence-electron chi connectivity index (χ2n) is 4.12. The van der Waals surface area contributed by atoms with Crippen LogP contribution in [0.2, 0.25) is 0 Å². The Bertz CT molecular complexity index is 510. The van der Waals surface area contributed by atoms with Crippen LogP contribution in [-0.2, 0) is 0 Å². The molecule has 17 heavy (non-hydrogen) atoms. The number of likely N-dealkylation sites (N-methyl/N-ethyl adjacent to an activating group) is 1. The predicted molar refractivity (Wildman–Crippen MR) is 78.6 cm³/mol. The van der Waals surface area contributed by atoms with Crippen molar-refractivity contribution in [2.75, 3.05) is 13.1 Å². The van der Waals surface area contributed by atoms with Crippen molar-refractivity contribution in [1.29, 1.82) is 0 Å². The highest BCUT2D eigenvalue weighted by Crippen LogP contribution is 2.27. The van der Waals surface area contributed by atoms with E-state index in [1.165, 1.54) is 21.2 Å². The third-order valence-electron chi connectivity index (χ3n) is 2.93. The van der Waals surface area contributed by atoms with Gasteiger partial charge in [-0.25, -0.2) is 0 Å². The molecule has 1 nitrogen and oxygen atoms in total. The van der Waals surface area contributed by atoms with Gasteiger partial charge in [0.1, 0.15) is 0 Å². The predicted octanol–water partition coefficient (Wildman–Crippen LogP) is 4.30. The molecule has 90 valence electrons. The Morgan fingerprint density at radius 2 is 2.12 bits per heavy atom. The second kappa shape index (κ2) is 5.99. The first-order valence-electron chi connectivity index (χ1n) is 6.21. The van der Waals surface area contributed by atoms with Gasteiger partial charge in [-0.1, -0.05) is 43.7 Å². The standard InChI is InChI=1S/C15H19NS/c1-3-12(10-16-4-2)9-13-11-17-15-8-6-5-7-14(13)15/h5-9,11,16H,3-4,10H2,1-2H3. The fraction of sp³-hybridized carbons (Fsp3) is 0.333. The Kier molecular flexibility index (Phi) is 4.35. The van der Waals surface area contributed by atoms with E-state index in [2.05, 4.69) is 54.9 Å². The van der Waals surface area contributed by atoms with Crippen molar-refractivity contribution < 1.29 is 0 Å². The zero-order chi connectivity index (χ0) is 12.1. The molecule has 1 aromatic carbocycles. The van der Waals surface area contributed by atoms with Gasteiger partial charge >= 0.3 is 0 Å². The number of fused-ring (bicyclic) bond motifs is 1. The van der Waals surface area contributed by atoms with E-state index in [-0.39, 0.29) is 0 Å². The van der Waals surface area contributed by atoms with Crippen molar-refractivity contribution in [2.45, 2.75) is 20.3 Å². The molecule has 0 spiro atoms. The number of hydrogen-bond donors (Lipinski definition) is 1. The molecule has 1 N–H and O–H groups in total. The zero-order valence-corrected chi connectivity index (χ0v) is 11.3. The molecule has 0 radical (unpaired) electrons.